The standard InChI is InChI=1S/C27H42N4O4/c1-5-28-25(32)17-35-24-15-19(26(33)29-21-8-6-18(2)7-9-21)14-20(16-24)27(34)30-22-10-12-23(13-11-22)31(3)4/h14-16,18,21-23H,5-13,17H2,1-4H3,(H,28,32)(H,29,33)(H,30,34). The van der Waals surface area contributed by atoms with Crippen molar-refractivity contribution in [2.24, 2.45) is 5.92 Å². The second-order valence-electron chi connectivity index (χ2n) is 10.4. The summed E-state index contributed by atoms with van der Waals surface area (Å²) >= 11 is 0. The summed E-state index contributed by atoms with van der Waals surface area (Å²) in [7, 11) is 4.19. The van der Waals surface area contributed by atoms with Crippen molar-refractivity contribution >= 4 is 17.7 Å². The number of ether oxygens (including phenoxy) is 1. The monoisotopic (exact) mass is 486 g/mol. The van der Waals surface area contributed by atoms with Gasteiger partial charge in [-0.25, -0.2) is 0 Å². The van der Waals surface area contributed by atoms with E-state index in [4.69, 9.17) is 4.74 Å². The van der Waals surface area contributed by atoms with Crippen LogP contribution in [0.15, 0.2) is 18.2 Å². The van der Waals surface area contributed by atoms with E-state index in [9.17, 15) is 14.4 Å². The summed E-state index contributed by atoms with van der Waals surface area (Å²) in [5.41, 5.74) is 0.744. The molecule has 3 N–H and O–H groups in total. The van der Waals surface area contributed by atoms with Crippen LogP contribution in [0.3, 0.4) is 0 Å². The van der Waals surface area contributed by atoms with E-state index in [1.165, 1.54) is 0 Å². The van der Waals surface area contributed by atoms with E-state index in [2.05, 4.69) is 41.9 Å². The highest BCUT2D eigenvalue weighted by molar-refractivity contribution is 6.00. The highest BCUT2D eigenvalue weighted by Gasteiger charge is 2.25. The lowest BCUT2D eigenvalue weighted by atomic mass is 9.87. The predicted octanol–water partition coefficient (Wildman–Crippen LogP) is 3.11. The first-order valence-corrected chi connectivity index (χ1v) is 13.1. The molecule has 3 amide bonds. The summed E-state index contributed by atoms with van der Waals surface area (Å²) < 4.78 is 5.66. The molecule has 8 heteroatoms. The van der Waals surface area contributed by atoms with Crippen molar-refractivity contribution in [1.29, 1.82) is 0 Å². The van der Waals surface area contributed by atoms with Gasteiger partial charge in [0.1, 0.15) is 5.75 Å². The summed E-state index contributed by atoms with van der Waals surface area (Å²) in [6.45, 7) is 4.41. The van der Waals surface area contributed by atoms with E-state index in [-0.39, 0.29) is 36.4 Å². The highest BCUT2D eigenvalue weighted by Crippen LogP contribution is 2.25. The van der Waals surface area contributed by atoms with Crippen LogP contribution < -0.4 is 20.7 Å². The average molecular weight is 487 g/mol. The van der Waals surface area contributed by atoms with Gasteiger partial charge in [-0.2, -0.15) is 0 Å². The van der Waals surface area contributed by atoms with Crippen LogP contribution in [0, 0.1) is 5.92 Å². The molecule has 0 aliphatic heterocycles. The minimum Gasteiger partial charge on any atom is -0.484 e. The van der Waals surface area contributed by atoms with Crippen molar-refractivity contribution in [3.05, 3.63) is 29.3 Å². The van der Waals surface area contributed by atoms with Crippen LogP contribution in [-0.4, -0.2) is 68.0 Å². The van der Waals surface area contributed by atoms with Crippen molar-refractivity contribution in [1.82, 2.24) is 20.9 Å². The second-order valence-corrected chi connectivity index (χ2v) is 10.4. The Morgan fingerprint density at radius 2 is 1.37 bits per heavy atom. The molecule has 0 radical (unpaired) electrons. The number of likely N-dealkylation sites (N-methyl/N-ethyl adjacent to an activating group) is 1. The van der Waals surface area contributed by atoms with Gasteiger partial charge in [-0.1, -0.05) is 6.92 Å². The zero-order valence-electron chi connectivity index (χ0n) is 21.7. The number of carbonyl (C=O) groups excluding carboxylic acids is 3. The summed E-state index contributed by atoms with van der Waals surface area (Å²) in [5, 5.41) is 8.94. The topological polar surface area (TPSA) is 99.8 Å². The van der Waals surface area contributed by atoms with Gasteiger partial charge in [-0.3, -0.25) is 14.4 Å². The molecule has 35 heavy (non-hydrogen) atoms. The molecule has 0 aromatic heterocycles. The van der Waals surface area contributed by atoms with E-state index < -0.39 is 0 Å². The maximum absolute atomic E-state index is 13.1. The SMILES string of the molecule is CCNC(=O)COc1cc(C(=O)NC2CCC(C)CC2)cc(C(=O)NC2CCC(N(C)C)CC2)c1. The number of carbonyl (C=O) groups is 3. The van der Waals surface area contributed by atoms with E-state index >= 15 is 0 Å². The number of hydrogen-bond acceptors (Lipinski definition) is 5. The molecule has 3 rings (SSSR count). The van der Waals surface area contributed by atoms with Gasteiger partial charge >= 0.3 is 0 Å². The van der Waals surface area contributed by atoms with Gasteiger partial charge in [0.15, 0.2) is 6.61 Å². The van der Waals surface area contributed by atoms with Gasteiger partial charge in [-0.05, 0) is 96.5 Å². The highest BCUT2D eigenvalue weighted by atomic mass is 16.5. The molecule has 194 valence electrons. The minimum absolute atomic E-state index is 0.111. The van der Waals surface area contributed by atoms with Gasteiger partial charge < -0.3 is 25.6 Å². The summed E-state index contributed by atoms with van der Waals surface area (Å²) in [6.07, 6.45) is 8.06. The number of hydrogen-bond donors (Lipinski definition) is 3. The molecule has 8 nitrogen and oxygen atoms in total. The third kappa shape index (κ3) is 8.23. The molecule has 1 aromatic carbocycles. The Morgan fingerprint density at radius 3 is 1.86 bits per heavy atom. The maximum Gasteiger partial charge on any atom is 0.257 e. The molecule has 2 aliphatic rings. The van der Waals surface area contributed by atoms with Crippen LogP contribution in [0.1, 0.15) is 85.9 Å². The lowest BCUT2D eigenvalue weighted by Gasteiger charge is -2.33. The van der Waals surface area contributed by atoms with Crippen LogP contribution in [-0.2, 0) is 4.79 Å². The van der Waals surface area contributed by atoms with Crippen LogP contribution in [0.5, 0.6) is 5.75 Å². The van der Waals surface area contributed by atoms with Crippen molar-refractivity contribution in [2.75, 3.05) is 27.2 Å². The Balaban J connectivity index is 1.70. The number of nitrogens with zero attached hydrogens (tertiary/aromatic N) is 1. The first-order chi connectivity index (χ1) is 16.7. The van der Waals surface area contributed by atoms with Gasteiger partial charge in [0.25, 0.3) is 17.7 Å². The van der Waals surface area contributed by atoms with Gasteiger partial charge in [0.2, 0.25) is 0 Å². The molecule has 2 saturated carbocycles. The Hall–Kier alpha value is -2.61. The molecule has 2 fully saturated rings. The third-order valence-electron chi connectivity index (χ3n) is 7.29. The second kappa shape index (κ2) is 12.9. The fourth-order valence-electron chi connectivity index (χ4n) is 5.02. The summed E-state index contributed by atoms with van der Waals surface area (Å²) in [6, 6.07) is 5.65. The zero-order valence-corrected chi connectivity index (χ0v) is 21.7. The molecular formula is C27H42N4O4. The van der Waals surface area contributed by atoms with Gasteiger partial charge in [0.05, 0.1) is 0 Å². The van der Waals surface area contributed by atoms with Crippen molar-refractivity contribution in [3.63, 3.8) is 0 Å². The quantitative estimate of drug-likeness (QED) is 0.498. The van der Waals surface area contributed by atoms with Crippen molar-refractivity contribution in [2.45, 2.75) is 83.3 Å². The van der Waals surface area contributed by atoms with E-state index in [0.29, 0.717) is 35.4 Å². The largest absolute Gasteiger partial charge is 0.484 e. The summed E-state index contributed by atoms with van der Waals surface area (Å²) in [5.74, 6) is 0.345. The van der Waals surface area contributed by atoms with Gasteiger partial charge in [0, 0.05) is 35.8 Å². The fraction of sp³-hybridized carbons (Fsp3) is 0.667. The van der Waals surface area contributed by atoms with E-state index in [1.54, 1.807) is 18.2 Å². The Labute approximate surface area is 209 Å². The maximum atomic E-state index is 13.1. The first-order valence-electron chi connectivity index (χ1n) is 13.1. The minimum atomic E-state index is -0.248. The van der Waals surface area contributed by atoms with Crippen LogP contribution in [0.25, 0.3) is 0 Å². The Bertz CT molecular complexity index is 872. The summed E-state index contributed by atoms with van der Waals surface area (Å²) in [4.78, 5) is 40.3. The lowest BCUT2D eigenvalue weighted by Crippen LogP contribution is -2.42. The molecule has 1 aromatic rings. The normalized spacial score (nSPS) is 24.5. The van der Waals surface area contributed by atoms with Crippen LogP contribution >= 0.6 is 0 Å². The Morgan fingerprint density at radius 1 is 0.857 bits per heavy atom. The van der Waals surface area contributed by atoms with E-state index in [0.717, 1.165) is 51.4 Å². The van der Waals surface area contributed by atoms with Crippen LogP contribution in [0.2, 0.25) is 0 Å². The van der Waals surface area contributed by atoms with Crippen LogP contribution in [0.4, 0.5) is 0 Å². The van der Waals surface area contributed by atoms with Crippen molar-refractivity contribution < 1.29 is 19.1 Å². The lowest BCUT2D eigenvalue weighted by molar-refractivity contribution is -0.122. The van der Waals surface area contributed by atoms with Gasteiger partial charge in [-0.15, -0.1) is 0 Å². The number of benzene rings is 1. The molecule has 0 bridgehead atoms. The fourth-order valence-corrected chi connectivity index (χ4v) is 5.02. The zero-order chi connectivity index (χ0) is 25.4. The number of amides is 3. The number of rotatable bonds is 9. The smallest absolute Gasteiger partial charge is 0.257 e. The molecule has 2 aliphatic carbocycles. The third-order valence-corrected chi connectivity index (χ3v) is 7.29. The Kier molecular flexibility index (Phi) is 9.95. The number of nitrogens with one attached hydrogen (secondary N) is 3. The molecule has 0 unspecified atom stereocenters. The first kappa shape index (κ1) is 27.0. The average Bonchev–Trinajstić information content (AvgIpc) is 2.84. The molecule has 0 spiro atoms. The molecular weight excluding hydrogens is 444 g/mol. The van der Waals surface area contributed by atoms with E-state index in [1.807, 2.05) is 6.92 Å². The predicted molar refractivity (Wildman–Crippen MR) is 137 cm³/mol. The molecule has 0 saturated heterocycles. The van der Waals surface area contributed by atoms with Crippen molar-refractivity contribution in [3.8, 4) is 5.75 Å². The molecule has 0 atom stereocenters. The molecule has 0 heterocycles.